The lowest BCUT2D eigenvalue weighted by Crippen LogP contribution is -2.35. The van der Waals surface area contributed by atoms with Gasteiger partial charge in [-0.1, -0.05) is 18.6 Å². The van der Waals surface area contributed by atoms with E-state index in [4.69, 9.17) is 15.1 Å². The van der Waals surface area contributed by atoms with E-state index >= 15 is 0 Å². The summed E-state index contributed by atoms with van der Waals surface area (Å²) in [4.78, 5) is 6.82. The number of rotatable bonds is 10. The summed E-state index contributed by atoms with van der Waals surface area (Å²) < 4.78 is 5.85. The number of piperidine rings is 1. The van der Waals surface area contributed by atoms with Gasteiger partial charge in [-0.2, -0.15) is 5.26 Å². The third-order valence-electron chi connectivity index (χ3n) is 4.40. The summed E-state index contributed by atoms with van der Waals surface area (Å²) in [6.45, 7) is 5.19. The van der Waals surface area contributed by atoms with Crippen LogP contribution >= 0.6 is 0 Å². The molecular formula is C20H31N5O2. The molecule has 2 rings (SSSR count). The topological polar surface area (TPSA) is 92.9 Å². The number of benzene rings is 1. The van der Waals surface area contributed by atoms with Gasteiger partial charge in [-0.15, -0.1) is 0 Å². The van der Waals surface area contributed by atoms with E-state index in [1.54, 1.807) is 0 Å². The van der Waals surface area contributed by atoms with Crippen molar-refractivity contribution in [2.45, 2.75) is 38.6 Å². The molecule has 1 saturated heterocycles. The molecule has 1 aliphatic rings. The molecule has 3 N–H and O–H groups in total. The zero-order valence-electron chi connectivity index (χ0n) is 16.0. The maximum absolute atomic E-state index is 8.79. The van der Waals surface area contributed by atoms with Gasteiger partial charge >= 0.3 is 0 Å². The number of nitrogens with one attached hydrogen (secondary N) is 2. The zero-order chi connectivity index (χ0) is 19.2. The second-order valence-electron chi connectivity index (χ2n) is 6.66. The number of nitrogens with zero attached hydrogens (tertiary/aromatic N) is 3. The SMILES string of the molecule is N#CNC(=NCCCOc1cccc(CN2CCCCC2)c1)NCCCO. The number of guanidine groups is 1. The van der Waals surface area contributed by atoms with Crippen LogP contribution in [0.15, 0.2) is 29.3 Å². The molecule has 1 fully saturated rings. The average Bonchev–Trinajstić information content (AvgIpc) is 2.69. The predicted molar refractivity (Wildman–Crippen MR) is 106 cm³/mol. The molecule has 7 nitrogen and oxygen atoms in total. The molecule has 0 aliphatic carbocycles. The molecule has 7 heteroatoms. The van der Waals surface area contributed by atoms with E-state index in [0.29, 0.717) is 32.1 Å². The fourth-order valence-electron chi connectivity index (χ4n) is 3.03. The Morgan fingerprint density at radius 1 is 1.26 bits per heavy atom. The molecule has 0 spiro atoms. The predicted octanol–water partition coefficient (Wildman–Crippen LogP) is 1.84. The Kier molecular flexibility index (Phi) is 10.1. The Bertz CT molecular complexity index is 609. The highest BCUT2D eigenvalue weighted by atomic mass is 16.5. The molecule has 0 saturated carbocycles. The van der Waals surface area contributed by atoms with E-state index in [1.165, 1.54) is 37.9 Å². The van der Waals surface area contributed by atoms with Crippen LogP contribution in [-0.2, 0) is 6.54 Å². The van der Waals surface area contributed by atoms with E-state index in [-0.39, 0.29) is 6.61 Å². The summed E-state index contributed by atoms with van der Waals surface area (Å²) in [5, 5.41) is 23.0. The number of hydrogen-bond acceptors (Lipinski definition) is 5. The van der Waals surface area contributed by atoms with Gasteiger partial charge < -0.3 is 15.2 Å². The number of likely N-dealkylation sites (tertiary alicyclic amines) is 1. The van der Waals surface area contributed by atoms with Crippen molar-refractivity contribution in [3.05, 3.63) is 29.8 Å². The van der Waals surface area contributed by atoms with E-state index in [9.17, 15) is 0 Å². The molecule has 1 aliphatic heterocycles. The standard InChI is InChI=1S/C20H31N5O2/c21-17-24-20(22-9-5-13-26)23-10-6-14-27-19-8-4-7-18(15-19)16-25-11-2-1-3-12-25/h4,7-8,15,26H,1-3,5-6,9-14,16H2,(H2,22,23,24). The molecule has 0 radical (unpaired) electrons. The molecule has 0 aromatic heterocycles. The average molecular weight is 374 g/mol. The van der Waals surface area contributed by atoms with Gasteiger partial charge in [0.25, 0.3) is 0 Å². The van der Waals surface area contributed by atoms with Gasteiger partial charge in [-0.05, 0) is 50.0 Å². The fraction of sp³-hybridized carbons (Fsp3) is 0.600. The van der Waals surface area contributed by atoms with E-state index in [2.05, 4.69) is 32.7 Å². The summed E-state index contributed by atoms with van der Waals surface area (Å²) in [5.41, 5.74) is 1.29. The number of hydrogen-bond donors (Lipinski definition) is 3. The largest absolute Gasteiger partial charge is 0.494 e. The van der Waals surface area contributed by atoms with E-state index < -0.39 is 0 Å². The molecule has 0 unspecified atom stereocenters. The van der Waals surface area contributed by atoms with Crippen molar-refractivity contribution in [3.8, 4) is 11.9 Å². The molecule has 1 aromatic carbocycles. The van der Waals surface area contributed by atoms with Gasteiger partial charge in [0.15, 0.2) is 6.19 Å². The zero-order valence-corrected chi connectivity index (χ0v) is 16.0. The highest BCUT2D eigenvalue weighted by Gasteiger charge is 2.10. The first-order valence-corrected chi connectivity index (χ1v) is 9.80. The van der Waals surface area contributed by atoms with Crippen molar-refractivity contribution in [2.24, 2.45) is 4.99 Å². The second kappa shape index (κ2) is 13.0. The van der Waals surface area contributed by atoms with Crippen LogP contribution in [0.2, 0.25) is 0 Å². The highest BCUT2D eigenvalue weighted by molar-refractivity contribution is 5.81. The number of nitriles is 1. The van der Waals surface area contributed by atoms with Gasteiger partial charge in [0.1, 0.15) is 5.75 Å². The summed E-state index contributed by atoms with van der Waals surface area (Å²) in [5.74, 6) is 1.33. The Morgan fingerprint density at radius 2 is 2.11 bits per heavy atom. The lowest BCUT2D eigenvalue weighted by molar-refractivity contribution is 0.220. The number of aliphatic hydroxyl groups excluding tert-OH is 1. The Morgan fingerprint density at radius 3 is 2.89 bits per heavy atom. The molecule has 27 heavy (non-hydrogen) atoms. The smallest absolute Gasteiger partial charge is 0.204 e. The minimum absolute atomic E-state index is 0.109. The molecule has 0 bridgehead atoms. The van der Waals surface area contributed by atoms with Crippen LogP contribution in [0, 0.1) is 11.5 Å². The first-order chi connectivity index (χ1) is 13.3. The van der Waals surface area contributed by atoms with Gasteiger partial charge in [0.05, 0.1) is 6.61 Å². The van der Waals surface area contributed by atoms with Crippen molar-refractivity contribution in [3.63, 3.8) is 0 Å². The third kappa shape index (κ3) is 8.76. The summed E-state index contributed by atoms with van der Waals surface area (Å²) in [7, 11) is 0. The maximum atomic E-state index is 8.79. The third-order valence-corrected chi connectivity index (χ3v) is 4.40. The first-order valence-electron chi connectivity index (χ1n) is 9.80. The summed E-state index contributed by atoms with van der Waals surface area (Å²) in [6, 6.07) is 8.31. The fourth-order valence-corrected chi connectivity index (χ4v) is 3.03. The highest BCUT2D eigenvalue weighted by Crippen LogP contribution is 2.17. The second-order valence-corrected chi connectivity index (χ2v) is 6.66. The minimum atomic E-state index is 0.109. The monoisotopic (exact) mass is 373 g/mol. The van der Waals surface area contributed by atoms with Gasteiger partial charge in [-0.3, -0.25) is 15.2 Å². The van der Waals surface area contributed by atoms with Crippen LogP contribution in [0.25, 0.3) is 0 Å². The summed E-state index contributed by atoms with van der Waals surface area (Å²) in [6.07, 6.45) is 7.18. The van der Waals surface area contributed by atoms with Crippen molar-refractivity contribution >= 4 is 5.96 Å². The summed E-state index contributed by atoms with van der Waals surface area (Å²) >= 11 is 0. The number of aliphatic hydroxyl groups is 1. The number of aliphatic imine (C=N–C) groups is 1. The Labute approximate surface area is 162 Å². The quantitative estimate of drug-likeness (QED) is 0.191. The van der Waals surface area contributed by atoms with Crippen molar-refractivity contribution in [1.29, 1.82) is 5.26 Å². The van der Waals surface area contributed by atoms with Crippen LogP contribution in [-0.4, -0.2) is 55.4 Å². The lowest BCUT2D eigenvalue weighted by atomic mass is 10.1. The molecule has 1 heterocycles. The molecule has 148 valence electrons. The van der Waals surface area contributed by atoms with Gasteiger partial charge in [0.2, 0.25) is 5.96 Å². The van der Waals surface area contributed by atoms with E-state index in [1.807, 2.05) is 18.3 Å². The van der Waals surface area contributed by atoms with Crippen molar-refractivity contribution in [2.75, 3.05) is 39.4 Å². The lowest BCUT2D eigenvalue weighted by Gasteiger charge is -2.26. The normalized spacial score (nSPS) is 15.2. The van der Waals surface area contributed by atoms with Crippen molar-refractivity contribution < 1.29 is 9.84 Å². The van der Waals surface area contributed by atoms with Gasteiger partial charge in [0, 0.05) is 32.7 Å². The molecule has 1 aromatic rings. The van der Waals surface area contributed by atoms with Crippen LogP contribution in [0.4, 0.5) is 0 Å². The minimum Gasteiger partial charge on any atom is -0.494 e. The Hall–Kier alpha value is -2.30. The maximum Gasteiger partial charge on any atom is 0.204 e. The van der Waals surface area contributed by atoms with Crippen LogP contribution in [0.5, 0.6) is 5.75 Å². The molecule has 0 amide bonds. The Balaban J connectivity index is 1.70. The number of ether oxygens (including phenoxy) is 1. The van der Waals surface area contributed by atoms with Crippen LogP contribution < -0.4 is 15.4 Å². The van der Waals surface area contributed by atoms with Crippen LogP contribution in [0.3, 0.4) is 0 Å². The van der Waals surface area contributed by atoms with Crippen LogP contribution in [0.1, 0.15) is 37.7 Å². The first kappa shape index (κ1) is 21.0. The molecular weight excluding hydrogens is 342 g/mol. The van der Waals surface area contributed by atoms with E-state index in [0.717, 1.165) is 18.7 Å². The molecule has 0 atom stereocenters. The van der Waals surface area contributed by atoms with Crippen molar-refractivity contribution in [1.82, 2.24) is 15.5 Å². The van der Waals surface area contributed by atoms with Gasteiger partial charge in [-0.25, -0.2) is 0 Å².